The maximum Gasteiger partial charge on any atom is 0.341 e. The Morgan fingerprint density at radius 2 is 2.04 bits per heavy atom. The van der Waals surface area contributed by atoms with Crippen molar-refractivity contribution in [3.8, 4) is 5.75 Å². The lowest BCUT2D eigenvalue weighted by atomic mass is 10.2. The Bertz CT molecular complexity index is 791. The maximum absolute atomic E-state index is 12.3. The minimum absolute atomic E-state index is 0.00166. The Morgan fingerprint density at radius 1 is 1.27 bits per heavy atom. The second kappa shape index (κ2) is 9.45. The van der Waals surface area contributed by atoms with E-state index in [0.29, 0.717) is 27.0 Å². The van der Waals surface area contributed by atoms with Crippen LogP contribution in [0.25, 0.3) is 0 Å². The number of para-hydroxylation sites is 1. The fraction of sp³-hybridized carbons (Fsp3) is 0.333. The van der Waals surface area contributed by atoms with Crippen molar-refractivity contribution in [1.82, 2.24) is 0 Å². The zero-order valence-corrected chi connectivity index (χ0v) is 16.4. The third-order valence-electron chi connectivity index (χ3n) is 3.49. The molecule has 0 atom stereocenters. The molecule has 140 valence electrons. The van der Waals surface area contributed by atoms with Gasteiger partial charge in [0.1, 0.15) is 5.00 Å². The first kappa shape index (κ1) is 20.1. The highest BCUT2D eigenvalue weighted by Crippen LogP contribution is 2.32. The maximum atomic E-state index is 12.3. The van der Waals surface area contributed by atoms with Gasteiger partial charge in [0.15, 0.2) is 5.75 Å². The number of aryl methyl sites for hydroxylation is 1. The predicted octanol–water partition coefficient (Wildman–Crippen LogP) is 4.20. The topological polar surface area (TPSA) is 76.7 Å². The van der Waals surface area contributed by atoms with Crippen LogP contribution in [0.3, 0.4) is 0 Å². The van der Waals surface area contributed by atoms with Crippen LogP contribution in [-0.2, 0) is 16.0 Å². The summed E-state index contributed by atoms with van der Waals surface area (Å²) in [6, 6.07) is 6.99. The summed E-state index contributed by atoms with van der Waals surface area (Å²) in [7, 11) is 1.51. The molecular weight excluding hydrogens is 376 g/mol. The molecule has 0 radical (unpaired) electrons. The Balaban J connectivity index is 2.07. The molecule has 0 aliphatic heterocycles. The van der Waals surface area contributed by atoms with E-state index >= 15 is 0 Å². The highest BCUT2D eigenvalue weighted by molar-refractivity contribution is 7.16. The van der Waals surface area contributed by atoms with Crippen molar-refractivity contribution in [2.75, 3.05) is 30.9 Å². The summed E-state index contributed by atoms with van der Waals surface area (Å²) in [5.41, 5.74) is 0.989. The molecule has 6 nitrogen and oxygen atoms in total. The summed E-state index contributed by atoms with van der Waals surface area (Å²) in [6.45, 7) is 4.00. The van der Waals surface area contributed by atoms with E-state index in [0.717, 1.165) is 11.3 Å². The van der Waals surface area contributed by atoms with E-state index in [2.05, 4.69) is 10.6 Å². The molecular formula is C18H21ClN2O4S. The third-order valence-corrected chi connectivity index (χ3v) is 4.98. The van der Waals surface area contributed by atoms with E-state index < -0.39 is 5.97 Å². The lowest BCUT2D eigenvalue weighted by Gasteiger charge is -2.12. The molecule has 8 heteroatoms. The molecule has 1 aromatic heterocycles. The quantitative estimate of drug-likeness (QED) is 0.654. The standard InChI is InChI=1S/C18H21ClN2O4S/c1-4-11-9-12(18(23)25-5-2)17(26-11)21-15(22)10-20-14-8-6-7-13(19)16(14)24-3/h6-9,20H,4-5,10H2,1-3H3,(H,21,22). The highest BCUT2D eigenvalue weighted by Gasteiger charge is 2.18. The van der Waals surface area contributed by atoms with E-state index in [1.807, 2.05) is 6.92 Å². The number of nitrogens with one attached hydrogen (secondary N) is 2. The number of hydrogen-bond acceptors (Lipinski definition) is 6. The van der Waals surface area contributed by atoms with Crippen LogP contribution in [0, 0.1) is 0 Å². The highest BCUT2D eigenvalue weighted by atomic mass is 35.5. The normalized spacial score (nSPS) is 10.3. The predicted molar refractivity (Wildman–Crippen MR) is 105 cm³/mol. The van der Waals surface area contributed by atoms with Crippen molar-refractivity contribution in [3.63, 3.8) is 0 Å². The number of halogens is 1. The van der Waals surface area contributed by atoms with Gasteiger partial charge in [0.2, 0.25) is 5.91 Å². The first-order valence-electron chi connectivity index (χ1n) is 8.16. The molecule has 0 bridgehead atoms. The van der Waals surface area contributed by atoms with E-state index in [1.54, 1.807) is 31.2 Å². The summed E-state index contributed by atoms with van der Waals surface area (Å²) in [5, 5.41) is 6.70. The first-order chi connectivity index (χ1) is 12.5. The van der Waals surface area contributed by atoms with E-state index in [4.69, 9.17) is 21.1 Å². The second-order valence-corrected chi connectivity index (χ2v) is 6.80. The minimum atomic E-state index is -0.441. The van der Waals surface area contributed by atoms with Crippen molar-refractivity contribution in [2.45, 2.75) is 20.3 Å². The number of hydrogen-bond donors (Lipinski definition) is 2. The lowest BCUT2D eigenvalue weighted by Crippen LogP contribution is -2.22. The zero-order valence-electron chi connectivity index (χ0n) is 14.8. The van der Waals surface area contributed by atoms with Gasteiger partial charge >= 0.3 is 5.97 Å². The molecule has 0 aliphatic rings. The summed E-state index contributed by atoms with van der Waals surface area (Å²) in [4.78, 5) is 25.4. The number of esters is 1. The van der Waals surface area contributed by atoms with Crippen molar-refractivity contribution in [3.05, 3.63) is 39.7 Å². The average molecular weight is 397 g/mol. The molecule has 0 saturated heterocycles. The van der Waals surface area contributed by atoms with Crippen LogP contribution in [0.4, 0.5) is 10.7 Å². The number of anilines is 2. The first-order valence-corrected chi connectivity index (χ1v) is 9.35. The molecule has 0 spiro atoms. The van der Waals surface area contributed by atoms with Crippen molar-refractivity contribution in [2.24, 2.45) is 0 Å². The molecule has 1 amide bonds. The zero-order chi connectivity index (χ0) is 19.1. The molecule has 0 fully saturated rings. The molecule has 2 rings (SSSR count). The van der Waals surface area contributed by atoms with Gasteiger partial charge in [0.05, 0.1) is 36.5 Å². The fourth-order valence-electron chi connectivity index (χ4n) is 2.27. The van der Waals surface area contributed by atoms with Gasteiger partial charge in [-0.05, 0) is 31.5 Å². The van der Waals surface area contributed by atoms with Gasteiger partial charge in [-0.3, -0.25) is 4.79 Å². The van der Waals surface area contributed by atoms with Gasteiger partial charge in [-0.15, -0.1) is 11.3 Å². The second-order valence-electron chi connectivity index (χ2n) is 5.25. The van der Waals surface area contributed by atoms with Crippen LogP contribution in [-0.4, -0.2) is 32.1 Å². The monoisotopic (exact) mass is 396 g/mol. The van der Waals surface area contributed by atoms with Crippen LogP contribution >= 0.6 is 22.9 Å². The number of ether oxygens (including phenoxy) is 2. The van der Waals surface area contributed by atoms with Crippen molar-refractivity contribution in [1.29, 1.82) is 0 Å². The van der Waals surface area contributed by atoms with Gasteiger partial charge < -0.3 is 20.1 Å². The number of carbonyl (C=O) groups excluding carboxylic acids is 2. The van der Waals surface area contributed by atoms with Crippen LogP contribution in [0.2, 0.25) is 5.02 Å². The molecule has 0 aliphatic carbocycles. The lowest BCUT2D eigenvalue weighted by molar-refractivity contribution is -0.114. The number of methoxy groups -OCH3 is 1. The van der Waals surface area contributed by atoms with Gasteiger partial charge in [0.25, 0.3) is 0 Å². The minimum Gasteiger partial charge on any atom is -0.493 e. The Morgan fingerprint density at radius 3 is 2.69 bits per heavy atom. The molecule has 0 saturated carbocycles. The van der Waals surface area contributed by atoms with Gasteiger partial charge in [-0.2, -0.15) is 0 Å². The van der Waals surface area contributed by atoms with Crippen LogP contribution in [0.5, 0.6) is 5.75 Å². The molecule has 2 aromatic rings. The Hall–Kier alpha value is -2.25. The molecule has 26 heavy (non-hydrogen) atoms. The SMILES string of the molecule is CCOC(=O)c1cc(CC)sc1NC(=O)CNc1cccc(Cl)c1OC. The number of benzene rings is 1. The average Bonchev–Trinajstić information content (AvgIpc) is 3.03. The summed E-state index contributed by atoms with van der Waals surface area (Å²) < 4.78 is 10.3. The number of amides is 1. The van der Waals surface area contributed by atoms with Crippen molar-refractivity contribution >= 4 is 45.5 Å². The molecule has 2 N–H and O–H groups in total. The van der Waals surface area contributed by atoms with Crippen LogP contribution < -0.4 is 15.4 Å². The Kier molecular flexibility index (Phi) is 7.29. The van der Waals surface area contributed by atoms with E-state index in [9.17, 15) is 9.59 Å². The van der Waals surface area contributed by atoms with Gasteiger partial charge in [-0.25, -0.2) is 4.79 Å². The Labute approximate surface area is 161 Å². The van der Waals surface area contributed by atoms with Gasteiger partial charge in [0, 0.05) is 4.88 Å². The van der Waals surface area contributed by atoms with Crippen LogP contribution in [0.1, 0.15) is 29.1 Å². The number of carbonyl (C=O) groups is 2. The summed E-state index contributed by atoms with van der Waals surface area (Å²) >= 11 is 7.43. The molecule has 1 aromatic carbocycles. The molecule has 1 heterocycles. The largest absolute Gasteiger partial charge is 0.493 e. The number of rotatable bonds is 8. The molecule has 0 unspecified atom stereocenters. The van der Waals surface area contributed by atoms with Gasteiger partial charge in [-0.1, -0.05) is 24.6 Å². The smallest absolute Gasteiger partial charge is 0.341 e. The summed E-state index contributed by atoms with van der Waals surface area (Å²) in [5.74, 6) is -0.260. The summed E-state index contributed by atoms with van der Waals surface area (Å²) in [6.07, 6.45) is 0.769. The number of thiophene rings is 1. The fourth-order valence-corrected chi connectivity index (χ4v) is 3.52. The van der Waals surface area contributed by atoms with Crippen LogP contribution in [0.15, 0.2) is 24.3 Å². The van der Waals surface area contributed by atoms with E-state index in [1.165, 1.54) is 18.4 Å². The van der Waals surface area contributed by atoms with E-state index in [-0.39, 0.29) is 19.1 Å². The van der Waals surface area contributed by atoms with Crippen molar-refractivity contribution < 1.29 is 19.1 Å². The third kappa shape index (κ3) is 4.89.